The first-order valence-electron chi connectivity index (χ1n) is 21.0. The number of nitrogens with zero attached hydrogens (tertiary/aromatic N) is 3. The van der Waals surface area contributed by atoms with Gasteiger partial charge in [0, 0.05) is 61.6 Å². The molecule has 3 aromatic heterocycles. The third-order valence-electron chi connectivity index (χ3n) is 13.3. The molecule has 288 valence electrons. The average Bonchev–Trinajstić information content (AvgIpc) is 3.92. The Bertz CT molecular complexity index is 3720. The molecule has 5 nitrogen and oxygen atoms in total. The van der Waals surface area contributed by atoms with Crippen molar-refractivity contribution in [3.63, 3.8) is 0 Å². The van der Waals surface area contributed by atoms with Crippen LogP contribution in [0.4, 0.5) is 0 Å². The molecule has 2 aliphatic rings. The van der Waals surface area contributed by atoms with Crippen LogP contribution in [0.3, 0.4) is 0 Å². The van der Waals surface area contributed by atoms with Crippen LogP contribution in [0.25, 0.3) is 87.8 Å². The minimum atomic E-state index is -0.291. The zero-order valence-corrected chi connectivity index (χ0v) is 33.6. The number of rotatable bonds is 4. The van der Waals surface area contributed by atoms with Crippen LogP contribution >= 0.6 is 0 Å². The van der Waals surface area contributed by atoms with Crippen LogP contribution in [-0.4, -0.2) is 15.3 Å². The molecule has 1 N–H and O–H groups in total. The van der Waals surface area contributed by atoms with Crippen molar-refractivity contribution in [2.24, 2.45) is 4.99 Å². The van der Waals surface area contributed by atoms with Gasteiger partial charge in [0.2, 0.25) is 0 Å². The van der Waals surface area contributed by atoms with Crippen molar-refractivity contribution in [2.45, 2.75) is 25.3 Å². The number of aromatic nitrogens is 2. The number of nitrogens with one attached hydrogen (secondary N) is 1. The van der Waals surface area contributed by atoms with E-state index in [-0.39, 0.29) is 11.5 Å². The normalized spacial score (nSPS) is 15.8. The van der Waals surface area contributed by atoms with Gasteiger partial charge in [-0.05, 0) is 99.1 Å². The van der Waals surface area contributed by atoms with Gasteiger partial charge in [-0.3, -0.25) is 4.98 Å². The maximum atomic E-state index is 6.19. The summed E-state index contributed by atoms with van der Waals surface area (Å²) >= 11 is 0. The van der Waals surface area contributed by atoms with Gasteiger partial charge in [0.05, 0.1) is 34.2 Å². The number of hydrogen-bond donors (Lipinski definition) is 1. The lowest BCUT2D eigenvalue weighted by Crippen LogP contribution is -2.37. The van der Waals surface area contributed by atoms with Crippen molar-refractivity contribution in [1.82, 2.24) is 14.9 Å². The number of aliphatic imine (C=N–C) groups is 1. The van der Waals surface area contributed by atoms with Crippen LogP contribution in [-0.2, 0) is 5.41 Å². The summed E-state index contributed by atoms with van der Waals surface area (Å²) in [5.74, 6) is 0. The van der Waals surface area contributed by atoms with Crippen LogP contribution in [0.15, 0.2) is 197 Å². The highest BCUT2D eigenvalue weighted by molar-refractivity contribution is 6.19. The molecule has 8 aromatic carbocycles. The van der Waals surface area contributed by atoms with Crippen molar-refractivity contribution in [3.05, 3.63) is 210 Å². The second kappa shape index (κ2) is 12.6. The van der Waals surface area contributed by atoms with E-state index in [1.165, 1.54) is 43.5 Å². The first-order chi connectivity index (χ1) is 30.0. The SMILES string of the molecule is CC1(C)C2=C(N=C(c3ccc(-n4c5ccccc5c5cc6ccccc6cc54)c4ccccc34)C(c3ccncc3)N2)c2cc(-c3ccc4oc5ccccc5c4c3)ccc21. The number of hydrogen-bond acceptors (Lipinski definition) is 4. The van der Waals surface area contributed by atoms with Gasteiger partial charge in [-0.25, -0.2) is 4.99 Å². The first-order valence-corrected chi connectivity index (χ1v) is 21.0. The maximum absolute atomic E-state index is 6.19. The van der Waals surface area contributed by atoms with Gasteiger partial charge in [-0.15, -0.1) is 0 Å². The average molecular weight is 783 g/mol. The van der Waals surface area contributed by atoms with E-state index in [9.17, 15) is 0 Å². The molecule has 0 fully saturated rings. The Morgan fingerprint density at radius 1 is 0.541 bits per heavy atom. The fraction of sp³-hybridized carbons (Fsp3) is 0.0714. The lowest BCUT2D eigenvalue weighted by Gasteiger charge is -2.33. The monoisotopic (exact) mass is 782 g/mol. The number of para-hydroxylation sites is 2. The third-order valence-corrected chi connectivity index (χ3v) is 13.3. The fourth-order valence-electron chi connectivity index (χ4n) is 10.3. The molecule has 0 saturated heterocycles. The molecule has 1 atom stereocenters. The molecule has 1 unspecified atom stereocenters. The zero-order valence-electron chi connectivity index (χ0n) is 33.6. The van der Waals surface area contributed by atoms with Crippen molar-refractivity contribution < 1.29 is 4.42 Å². The Morgan fingerprint density at radius 2 is 1.23 bits per heavy atom. The molecule has 1 aliphatic carbocycles. The summed E-state index contributed by atoms with van der Waals surface area (Å²) in [7, 11) is 0. The molecule has 1 aliphatic heterocycles. The smallest absolute Gasteiger partial charge is 0.135 e. The maximum Gasteiger partial charge on any atom is 0.135 e. The van der Waals surface area contributed by atoms with E-state index in [1.807, 2.05) is 24.5 Å². The first kappa shape index (κ1) is 34.1. The van der Waals surface area contributed by atoms with Crippen molar-refractivity contribution in [2.75, 3.05) is 0 Å². The number of allylic oxidation sites excluding steroid dienone is 1. The molecule has 0 amide bonds. The highest BCUT2D eigenvalue weighted by atomic mass is 16.3. The Hall–Kier alpha value is -7.76. The summed E-state index contributed by atoms with van der Waals surface area (Å²) in [5, 5.41) is 13.6. The molecule has 0 saturated carbocycles. The summed E-state index contributed by atoms with van der Waals surface area (Å²) in [6, 6.07) is 61.3. The van der Waals surface area contributed by atoms with Gasteiger partial charge in [-0.1, -0.05) is 123 Å². The fourth-order valence-corrected chi connectivity index (χ4v) is 10.3. The zero-order chi connectivity index (χ0) is 40.4. The van der Waals surface area contributed by atoms with Gasteiger partial charge in [0.15, 0.2) is 0 Å². The summed E-state index contributed by atoms with van der Waals surface area (Å²) in [5.41, 5.74) is 15.1. The second-order valence-corrected chi connectivity index (χ2v) is 17.0. The molecule has 61 heavy (non-hydrogen) atoms. The minimum absolute atomic E-state index is 0.194. The van der Waals surface area contributed by atoms with E-state index >= 15 is 0 Å². The number of furan rings is 1. The standard InChI is InChI=1S/C56H38N4O/c1-56(2)46-22-19-36(37-20-24-51-44(30-37)41-16-8-10-18-50(41)61-51)31-45(46)54-55(56)59-52(33-25-27-57-28-26-33)53(58-54)42-21-23-48(39-14-6-5-13-38(39)42)60-47-17-9-7-15-40(47)43-29-34-11-3-4-12-35(34)32-49(43)60/h3-32,52,59H,1-2H3. The van der Waals surface area contributed by atoms with E-state index < -0.39 is 0 Å². The van der Waals surface area contributed by atoms with Gasteiger partial charge >= 0.3 is 0 Å². The number of pyridine rings is 1. The van der Waals surface area contributed by atoms with Crippen molar-refractivity contribution in [3.8, 4) is 16.8 Å². The molecule has 13 rings (SSSR count). The minimum Gasteiger partial charge on any atom is -0.456 e. The topological polar surface area (TPSA) is 55.4 Å². The predicted octanol–water partition coefficient (Wildman–Crippen LogP) is 13.8. The van der Waals surface area contributed by atoms with E-state index in [2.05, 4.69) is 186 Å². The molecule has 0 bridgehead atoms. The number of benzene rings is 8. The highest BCUT2D eigenvalue weighted by Gasteiger charge is 2.43. The summed E-state index contributed by atoms with van der Waals surface area (Å²) in [4.78, 5) is 10.2. The summed E-state index contributed by atoms with van der Waals surface area (Å²) < 4.78 is 8.64. The number of fused-ring (bicyclic) bond motifs is 10. The molecular weight excluding hydrogens is 745 g/mol. The Morgan fingerprint density at radius 3 is 2.08 bits per heavy atom. The summed E-state index contributed by atoms with van der Waals surface area (Å²) in [6.07, 6.45) is 3.76. The Kier molecular flexibility index (Phi) is 7.06. The van der Waals surface area contributed by atoms with Gasteiger partial charge in [-0.2, -0.15) is 0 Å². The van der Waals surface area contributed by atoms with Crippen LogP contribution in [0.5, 0.6) is 0 Å². The highest BCUT2D eigenvalue weighted by Crippen LogP contribution is 2.50. The molecular formula is C56H38N4O. The Balaban J connectivity index is 1.01. The molecule has 0 spiro atoms. The van der Waals surface area contributed by atoms with Crippen molar-refractivity contribution in [1.29, 1.82) is 0 Å². The predicted molar refractivity (Wildman–Crippen MR) is 252 cm³/mol. The van der Waals surface area contributed by atoms with Crippen LogP contribution in [0.1, 0.15) is 42.1 Å². The van der Waals surface area contributed by atoms with E-state index in [1.54, 1.807) is 0 Å². The lowest BCUT2D eigenvalue weighted by atomic mass is 9.82. The van der Waals surface area contributed by atoms with Crippen LogP contribution in [0.2, 0.25) is 0 Å². The second-order valence-electron chi connectivity index (χ2n) is 17.0. The molecule has 4 heterocycles. The Labute approximate surface area is 351 Å². The molecule has 5 heteroatoms. The third kappa shape index (κ3) is 4.95. The van der Waals surface area contributed by atoms with Crippen LogP contribution in [0, 0.1) is 0 Å². The van der Waals surface area contributed by atoms with E-state index in [0.717, 1.165) is 77.9 Å². The van der Waals surface area contributed by atoms with Crippen LogP contribution < -0.4 is 5.32 Å². The van der Waals surface area contributed by atoms with E-state index in [4.69, 9.17) is 9.41 Å². The quantitative estimate of drug-likeness (QED) is 0.193. The van der Waals surface area contributed by atoms with Gasteiger partial charge in [0.25, 0.3) is 0 Å². The van der Waals surface area contributed by atoms with Gasteiger partial charge in [0.1, 0.15) is 11.2 Å². The summed E-state index contributed by atoms with van der Waals surface area (Å²) in [6.45, 7) is 4.63. The van der Waals surface area contributed by atoms with E-state index in [0.29, 0.717) is 0 Å². The largest absolute Gasteiger partial charge is 0.456 e. The molecule has 0 radical (unpaired) electrons. The molecule has 11 aromatic rings. The lowest BCUT2D eigenvalue weighted by molar-refractivity contribution is 0.554. The van der Waals surface area contributed by atoms with Crippen molar-refractivity contribution >= 4 is 76.7 Å². The van der Waals surface area contributed by atoms with Gasteiger partial charge < -0.3 is 14.3 Å².